The van der Waals surface area contributed by atoms with E-state index >= 15 is 0 Å². The van der Waals surface area contributed by atoms with Gasteiger partial charge in [0.15, 0.2) is 5.58 Å². The van der Waals surface area contributed by atoms with Crippen molar-refractivity contribution >= 4 is 11.1 Å². The first kappa shape index (κ1) is 10.7. The van der Waals surface area contributed by atoms with Crippen molar-refractivity contribution in [2.24, 2.45) is 0 Å². The van der Waals surface area contributed by atoms with Crippen LogP contribution in [0.5, 0.6) is 0 Å². The molecule has 4 nitrogen and oxygen atoms in total. The van der Waals surface area contributed by atoms with Crippen molar-refractivity contribution in [3.05, 3.63) is 30.2 Å². The Morgan fingerprint density at radius 2 is 2.35 bits per heavy atom. The van der Waals surface area contributed by atoms with E-state index in [0.717, 1.165) is 43.2 Å². The number of rotatable bonds is 2. The third kappa shape index (κ3) is 2.33. The molecule has 1 aromatic carbocycles. The first-order chi connectivity index (χ1) is 8.31. The van der Waals surface area contributed by atoms with Crippen LogP contribution in [0.15, 0.2) is 28.7 Å². The standard InChI is InChI=1S/C13H17N3O/c1-10-8-16(7-6-14-10)9-13-15-11-4-2-3-5-12(11)17-13/h2-5,10,14H,6-9H2,1H3/t10-/m0/s1. The molecule has 0 aliphatic carbocycles. The SMILES string of the molecule is C[C@H]1CN(Cc2nc3ccccc3o2)CCN1. The highest BCUT2D eigenvalue weighted by molar-refractivity contribution is 5.72. The van der Waals surface area contributed by atoms with Gasteiger partial charge in [0.1, 0.15) is 5.52 Å². The predicted octanol–water partition coefficient (Wildman–Crippen LogP) is 1.62. The second kappa shape index (κ2) is 4.47. The largest absolute Gasteiger partial charge is 0.439 e. The highest BCUT2D eigenvalue weighted by Crippen LogP contribution is 2.16. The summed E-state index contributed by atoms with van der Waals surface area (Å²) in [5.74, 6) is 0.820. The van der Waals surface area contributed by atoms with Gasteiger partial charge in [-0.05, 0) is 19.1 Å². The van der Waals surface area contributed by atoms with E-state index in [1.54, 1.807) is 0 Å². The number of piperazine rings is 1. The van der Waals surface area contributed by atoms with Crippen molar-refractivity contribution in [2.45, 2.75) is 19.5 Å². The van der Waals surface area contributed by atoms with Gasteiger partial charge in [0, 0.05) is 25.7 Å². The molecule has 90 valence electrons. The lowest BCUT2D eigenvalue weighted by molar-refractivity contribution is 0.185. The number of nitrogens with zero attached hydrogens (tertiary/aromatic N) is 2. The number of aromatic nitrogens is 1. The van der Waals surface area contributed by atoms with Crippen molar-refractivity contribution in [1.29, 1.82) is 0 Å². The summed E-state index contributed by atoms with van der Waals surface area (Å²) in [6.45, 7) is 6.17. The van der Waals surface area contributed by atoms with Crippen LogP contribution in [0.4, 0.5) is 0 Å². The van der Waals surface area contributed by atoms with E-state index in [2.05, 4.69) is 22.1 Å². The van der Waals surface area contributed by atoms with E-state index in [4.69, 9.17) is 4.42 Å². The van der Waals surface area contributed by atoms with Crippen molar-refractivity contribution in [1.82, 2.24) is 15.2 Å². The number of para-hydroxylation sites is 2. The quantitative estimate of drug-likeness (QED) is 0.852. The summed E-state index contributed by atoms with van der Waals surface area (Å²) in [4.78, 5) is 6.88. The summed E-state index contributed by atoms with van der Waals surface area (Å²) >= 11 is 0. The molecule has 1 N–H and O–H groups in total. The van der Waals surface area contributed by atoms with Gasteiger partial charge in [-0.3, -0.25) is 4.90 Å². The molecule has 1 aliphatic rings. The van der Waals surface area contributed by atoms with Gasteiger partial charge < -0.3 is 9.73 Å². The maximum absolute atomic E-state index is 5.73. The molecule has 0 spiro atoms. The van der Waals surface area contributed by atoms with E-state index in [0.29, 0.717) is 6.04 Å². The van der Waals surface area contributed by atoms with Crippen LogP contribution in [0.2, 0.25) is 0 Å². The van der Waals surface area contributed by atoms with E-state index < -0.39 is 0 Å². The van der Waals surface area contributed by atoms with Gasteiger partial charge in [0.2, 0.25) is 5.89 Å². The predicted molar refractivity (Wildman–Crippen MR) is 66.8 cm³/mol. The molecule has 17 heavy (non-hydrogen) atoms. The minimum atomic E-state index is 0.549. The molecule has 0 unspecified atom stereocenters. The lowest BCUT2D eigenvalue weighted by Gasteiger charge is -2.30. The molecule has 2 aromatic rings. The smallest absolute Gasteiger partial charge is 0.209 e. The van der Waals surface area contributed by atoms with Crippen LogP contribution < -0.4 is 5.32 Å². The molecule has 0 amide bonds. The number of fused-ring (bicyclic) bond motifs is 1. The van der Waals surface area contributed by atoms with Crippen molar-refractivity contribution in [2.75, 3.05) is 19.6 Å². The van der Waals surface area contributed by atoms with Gasteiger partial charge in [0.25, 0.3) is 0 Å². The summed E-state index contributed by atoms with van der Waals surface area (Å²) in [5, 5.41) is 3.43. The van der Waals surface area contributed by atoms with Gasteiger partial charge in [-0.25, -0.2) is 4.98 Å². The molecule has 1 aliphatic heterocycles. The third-order valence-electron chi connectivity index (χ3n) is 3.15. The zero-order valence-electron chi connectivity index (χ0n) is 10.0. The van der Waals surface area contributed by atoms with Crippen molar-refractivity contribution in [3.8, 4) is 0 Å². The fraction of sp³-hybridized carbons (Fsp3) is 0.462. The van der Waals surface area contributed by atoms with Gasteiger partial charge in [-0.1, -0.05) is 12.1 Å². The Balaban J connectivity index is 1.75. The normalized spacial score (nSPS) is 22.1. The van der Waals surface area contributed by atoms with Crippen LogP contribution >= 0.6 is 0 Å². The number of hydrogen-bond acceptors (Lipinski definition) is 4. The highest BCUT2D eigenvalue weighted by Gasteiger charge is 2.17. The monoisotopic (exact) mass is 231 g/mol. The molecule has 1 saturated heterocycles. The minimum Gasteiger partial charge on any atom is -0.439 e. The summed E-state index contributed by atoms with van der Waals surface area (Å²) in [7, 11) is 0. The molecule has 2 heterocycles. The first-order valence-electron chi connectivity index (χ1n) is 6.11. The Morgan fingerprint density at radius 3 is 3.18 bits per heavy atom. The van der Waals surface area contributed by atoms with E-state index in [9.17, 15) is 0 Å². The molecule has 1 aromatic heterocycles. The summed E-state index contributed by atoms with van der Waals surface area (Å²) < 4.78 is 5.73. The Hall–Kier alpha value is -1.39. The maximum Gasteiger partial charge on any atom is 0.209 e. The van der Waals surface area contributed by atoms with Gasteiger partial charge in [-0.2, -0.15) is 0 Å². The molecule has 0 bridgehead atoms. The second-order valence-corrected chi connectivity index (χ2v) is 4.67. The molecular weight excluding hydrogens is 214 g/mol. The Bertz CT molecular complexity index is 475. The van der Waals surface area contributed by atoms with Crippen molar-refractivity contribution in [3.63, 3.8) is 0 Å². The Labute approximate surface area is 101 Å². The summed E-state index contributed by atoms with van der Waals surface area (Å²) in [6.07, 6.45) is 0. The summed E-state index contributed by atoms with van der Waals surface area (Å²) in [6, 6.07) is 8.47. The van der Waals surface area contributed by atoms with Crippen LogP contribution in [0, 0.1) is 0 Å². The average molecular weight is 231 g/mol. The Kier molecular flexibility index (Phi) is 2.82. The van der Waals surface area contributed by atoms with Crippen molar-refractivity contribution < 1.29 is 4.42 Å². The number of oxazole rings is 1. The molecule has 1 atom stereocenters. The van der Waals surface area contributed by atoms with Crippen LogP contribution in [0.3, 0.4) is 0 Å². The van der Waals surface area contributed by atoms with Crippen LogP contribution in [-0.4, -0.2) is 35.6 Å². The van der Waals surface area contributed by atoms with Crippen LogP contribution in [0.1, 0.15) is 12.8 Å². The van der Waals surface area contributed by atoms with Gasteiger partial charge in [0.05, 0.1) is 6.54 Å². The second-order valence-electron chi connectivity index (χ2n) is 4.67. The van der Waals surface area contributed by atoms with E-state index in [1.807, 2.05) is 24.3 Å². The highest BCUT2D eigenvalue weighted by atomic mass is 16.3. The van der Waals surface area contributed by atoms with Gasteiger partial charge in [-0.15, -0.1) is 0 Å². The Morgan fingerprint density at radius 1 is 1.47 bits per heavy atom. The average Bonchev–Trinajstić information content (AvgIpc) is 2.71. The topological polar surface area (TPSA) is 41.3 Å². The fourth-order valence-electron chi connectivity index (χ4n) is 2.33. The minimum absolute atomic E-state index is 0.549. The lowest BCUT2D eigenvalue weighted by atomic mass is 10.2. The van der Waals surface area contributed by atoms with E-state index in [1.165, 1.54) is 0 Å². The fourth-order valence-corrected chi connectivity index (χ4v) is 2.33. The van der Waals surface area contributed by atoms with E-state index in [-0.39, 0.29) is 0 Å². The molecule has 3 rings (SSSR count). The third-order valence-corrected chi connectivity index (χ3v) is 3.15. The lowest BCUT2D eigenvalue weighted by Crippen LogP contribution is -2.48. The van der Waals surface area contributed by atoms with Crippen LogP contribution in [0.25, 0.3) is 11.1 Å². The molecule has 0 saturated carbocycles. The number of nitrogens with one attached hydrogen (secondary N) is 1. The van der Waals surface area contributed by atoms with Crippen LogP contribution in [-0.2, 0) is 6.54 Å². The summed E-state index contributed by atoms with van der Waals surface area (Å²) in [5.41, 5.74) is 1.83. The number of benzene rings is 1. The molecular formula is C13H17N3O. The molecule has 4 heteroatoms. The first-order valence-corrected chi connectivity index (χ1v) is 6.11. The number of hydrogen-bond donors (Lipinski definition) is 1. The zero-order valence-corrected chi connectivity index (χ0v) is 10.0. The zero-order chi connectivity index (χ0) is 11.7. The molecule has 1 fully saturated rings. The molecule has 0 radical (unpaired) electrons. The maximum atomic E-state index is 5.73. The van der Waals surface area contributed by atoms with Gasteiger partial charge >= 0.3 is 0 Å².